The Balaban J connectivity index is 1.51. The molecule has 0 radical (unpaired) electrons. The Labute approximate surface area is 175 Å². The number of rotatable bonds is 2. The fraction of sp³-hybridized carbons (Fsp3) is 0.130. The number of hydrogen-bond acceptors (Lipinski definition) is 5. The highest BCUT2D eigenvalue weighted by Crippen LogP contribution is 2.32. The van der Waals surface area contributed by atoms with Gasteiger partial charge in [-0.1, -0.05) is 17.3 Å². The molecule has 0 spiro atoms. The minimum Gasteiger partial charge on any atom is -0.335 e. The first-order valence-corrected chi connectivity index (χ1v) is 9.90. The van der Waals surface area contributed by atoms with Crippen LogP contribution in [0, 0.1) is 12.7 Å². The van der Waals surface area contributed by atoms with Gasteiger partial charge < -0.3 is 9.09 Å². The van der Waals surface area contributed by atoms with E-state index in [0.717, 1.165) is 11.0 Å². The molecule has 7 nitrogen and oxygen atoms in total. The molecule has 4 heterocycles. The molecular formula is C23H16FN5O2. The first-order chi connectivity index (χ1) is 15.1. The van der Waals surface area contributed by atoms with E-state index in [0.29, 0.717) is 46.9 Å². The second-order valence-corrected chi connectivity index (χ2v) is 7.52. The quantitative estimate of drug-likeness (QED) is 0.430. The Morgan fingerprint density at radius 3 is 2.71 bits per heavy atom. The van der Waals surface area contributed by atoms with Gasteiger partial charge in [0.1, 0.15) is 5.82 Å². The molecule has 0 unspecified atom stereocenters. The zero-order valence-corrected chi connectivity index (χ0v) is 16.5. The Morgan fingerprint density at radius 1 is 1.06 bits per heavy atom. The number of aromatic nitrogens is 4. The maximum atomic E-state index is 13.7. The number of benzene rings is 2. The summed E-state index contributed by atoms with van der Waals surface area (Å²) in [6, 6.07) is 15.5. The number of aryl methyl sites for hydroxylation is 1. The number of anilines is 1. The van der Waals surface area contributed by atoms with Crippen LogP contribution in [-0.2, 0) is 6.54 Å². The molecule has 0 fully saturated rings. The first kappa shape index (κ1) is 17.8. The molecule has 0 atom stereocenters. The summed E-state index contributed by atoms with van der Waals surface area (Å²) in [6.07, 6.45) is 0. The smallest absolute Gasteiger partial charge is 0.261 e. The third-order valence-corrected chi connectivity index (χ3v) is 5.66. The van der Waals surface area contributed by atoms with Crippen molar-refractivity contribution in [3.63, 3.8) is 0 Å². The molecule has 3 aromatic heterocycles. The molecule has 0 bridgehead atoms. The van der Waals surface area contributed by atoms with Crippen molar-refractivity contribution in [2.24, 2.45) is 0 Å². The van der Waals surface area contributed by atoms with Crippen molar-refractivity contribution >= 4 is 34.0 Å². The lowest BCUT2D eigenvalue weighted by molar-refractivity contribution is 0.0990. The second kappa shape index (κ2) is 6.46. The Bertz CT molecular complexity index is 1490. The Hall–Kier alpha value is -4.07. The van der Waals surface area contributed by atoms with E-state index in [1.54, 1.807) is 30.0 Å². The van der Waals surface area contributed by atoms with Gasteiger partial charge in [0.2, 0.25) is 5.95 Å². The van der Waals surface area contributed by atoms with Gasteiger partial charge in [-0.25, -0.2) is 14.4 Å². The van der Waals surface area contributed by atoms with Crippen molar-refractivity contribution < 1.29 is 13.7 Å². The highest BCUT2D eigenvalue weighted by Gasteiger charge is 2.31. The summed E-state index contributed by atoms with van der Waals surface area (Å²) in [4.78, 5) is 24.6. The van der Waals surface area contributed by atoms with Crippen LogP contribution in [0.4, 0.5) is 10.3 Å². The summed E-state index contributed by atoms with van der Waals surface area (Å²) in [5, 5.41) is 4.58. The third-order valence-electron chi connectivity index (χ3n) is 5.66. The van der Waals surface area contributed by atoms with Gasteiger partial charge in [-0.2, -0.15) is 0 Å². The van der Waals surface area contributed by atoms with E-state index in [4.69, 9.17) is 4.52 Å². The van der Waals surface area contributed by atoms with Crippen molar-refractivity contribution in [3.8, 4) is 11.3 Å². The Morgan fingerprint density at radius 2 is 1.87 bits per heavy atom. The molecule has 31 heavy (non-hydrogen) atoms. The van der Waals surface area contributed by atoms with Crippen LogP contribution >= 0.6 is 0 Å². The maximum Gasteiger partial charge on any atom is 0.261 e. The number of nitrogens with zero attached hydrogens (tertiary/aromatic N) is 5. The van der Waals surface area contributed by atoms with Gasteiger partial charge in [-0.15, -0.1) is 0 Å². The minimum absolute atomic E-state index is 0.198. The lowest BCUT2D eigenvalue weighted by atomic mass is 10.0. The highest BCUT2D eigenvalue weighted by molar-refractivity contribution is 6.14. The van der Waals surface area contributed by atoms with E-state index in [2.05, 4.69) is 15.1 Å². The van der Waals surface area contributed by atoms with E-state index < -0.39 is 0 Å². The number of carbonyl (C=O) groups excluding carboxylic acids is 1. The van der Waals surface area contributed by atoms with Crippen molar-refractivity contribution in [3.05, 3.63) is 71.7 Å². The summed E-state index contributed by atoms with van der Waals surface area (Å²) >= 11 is 0. The van der Waals surface area contributed by atoms with Crippen LogP contribution in [0.5, 0.6) is 0 Å². The zero-order chi connectivity index (χ0) is 21.1. The average molecular weight is 413 g/mol. The average Bonchev–Trinajstić information content (AvgIpc) is 3.47. The van der Waals surface area contributed by atoms with Gasteiger partial charge in [0.25, 0.3) is 11.6 Å². The van der Waals surface area contributed by atoms with E-state index in [9.17, 15) is 9.18 Å². The predicted molar refractivity (Wildman–Crippen MR) is 113 cm³/mol. The number of fused-ring (bicyclic) bond motifs is 4. The number of halogens is 1. The molecule has 2 aromatic carbocycles. The largest absolute Gasteiger partial charge is 0.335 e. The summed E-state index contributed by atoms with van der Waals surface area (Å²) in [5.41, 5.74) is 4.34. The molecule has 6 rings (SSSR count). The molecule has 0 saturated carbocycles. The van der Waals surface area contributed by atoms with Crippen LogP contribution in [0.1, 0.15) is 16.1 Å². The van der Waals surface area contributed by atoms with Crippen molar-refractivity contribution in [2.75, 3.05) is 11.4 Å². The Kier molecular flexibility index (Phi) is 3.70. The van der Waals surface area contributed by atoms with Gasteiger partial charge in [0, 0.05) is 18.7 Å². The van der Waals surface area contributed by atoms with E-state index in [-0.39, 0.29) is 17.4 Å². The van der Waals surface area contributed by atoms with Crippen LogP contribution in [0.3, 0.4) is 0 Å². The lowest BCUT2D eigenvalue weighted by Gasteiger charge is -2.15. The normalized spacial score (nSPS) is 13.3. The maximum absolute atomic E-state index is 13.7. The third kappa shape index (κ3) is 2.64. The fourth-order valence-corrected chi connectivity index (χ4v) is 4.16. The molecule has 5 aromatic rings. The van der Waals surface area contributed by atoms with Crippen LogP contribution in [0.25, 0.3) is 33.4 Å². The standard InChI is InChI=1S/C23H16FN5O2/c1-13-20-16(12-18(25-21(20)31-27-13)14-6-8-15(24)9-7-14)22(30)29-11-10-28-19-5-3-2-4-17(19)26-23(28)29/h2-9,12H,10-11H2,1H3. The van der Waals surface area contributed by atoms with Crippen molar-refractivity contribution in [1.82, 2.24) is 19.7 Å². The monoisotopic (exact) mass is 413 g/mol. The summed E-state index contributed by atoms with van der Waals surface area (Å²) in [5.74, 6) is 0.0809. The molecule has 1 amide bonds. The lowest BCUT2D eigenvalue weighted by Crippen LogP contribution is -2.29. The second-order valence-electron chi connectivity index (χ2n) is 7.52. The SMILES string of the molecule is Cc1noc2nc(-c3ccc(F)cc3)cc(C(=O)N3CCn4c3nc3ccccc34)c12. The fourth-order valence-electron chi connectivity index (χ4n) is 4.16. The number of hydrogen-bond donors (Lipinski definition) is 0. The number of imidazole rings is 1. The van der Waals surface area contributed by atoms with Crippen LogP contribution < -0.4 is 4.90 Å². The van der Waals surface area contributed by atoms with Crippen molar-refractivity contribution in [2.45, 2.75) is 13.5 Å². The van der Waals surface area contributed by atoms with Crippen LogP contribution in [0.15, 0.2) is 59.1 Å². The van der Waals surface area contributed by atoms with Crippen molar-refractivity contribution in [1.29, 1.82) is 0 Å². The molecule has 0 saturated heterocycles. The van der Waals surface area contributed by atoms with Gasteiger partial charge in [-0.05, 0) is 49.4 Å². The van der Waals surface area contributed by atoms with Gasteiger partial charge in [0.15, 0.2) is 0 Å². The first-order valence-electron chi connectivity index (χ1n) is 9.90. The molecule has 152 valence electrons. The molecule has 1 aliphatic rings. The van der Waals surface area contributed by atoms with Crippen LogP contribution in [-0.4, -0.2) is 32.1 Å². The van der Waals surface area contributed by atoms with E-state index >= 15 is 0 Å². The van der Waals surface area contributed by atoms with E-state index in [1.165, 1.54) is 12.1 Å². The molecule has 0 aliphatic carbocycles. The van der Waals surface area contributed by atoms with Gasteiger partial charge in [0.05, 0.1) is 33.4 Å². The number of para-hydroxylation sites is 2. The molecule has 8 heteroatoms. The summed E-state index contributed by atoms with van der Waals surface area (Å²) < 4.78 is 20.8. The summed E-state index contributed by atoms with van der Waals surface area (Å²) in [7, 11) is 0. The topological polar surface area (TPSA) is 77.0 Å². The predicted octanol–water partition coefficient (Wildman–Crippen LogP) is 4.35. The highest BCUT2D eigenvalue weighted by atomic mass is 19.1. The molecule has 1 aliphatic heterocycles. The number of amides is 1. The van der Waals surface area contributed by atoms with E-state index in [1.807, 2.05) is 28.8 Å². The number of pyridine rings is 1. The zero-order valence-electron chi connectivity index (χ0n) is 16.5. The molecular weight excluding hydrogens is 397 g/mol. The van der Waals surface area contributed by atoms with Gasteiger partial charge in [-0.3, -0.25) is 9.69 Å². The van der Waals surface area contributed by atoms with Crippen LogP contribution in [0.2, 0.25) is 0 Å². The molecule has 0 N–H and O–H groups in total. The summed E-state index contributed by atoms with van der Waals surface area (Å²) in [6.45, 7) is 2.97. The van der Waals surface area contributed by atoms with Gasteiger partial charge >= 0.3 is 0 Å². The number of carbonyl (C=O) groups is 1. The minimum atomic E-state index is -0.340.